The van der Waals surface area contributed by atoms with E-state index in [0.717, 1.165) is 0 Å². The van der Waals surface area contributed by atoms with Crippen LogP contribution in [0.4, 0.5) is 5.69 Å². The Morgan fingerprint density at radius 2 is 1.83 bits per heavy atom. The van der Waals surface area contributed by atoms with Crippen LogP contribution in [0, 0.1) is 0 Å². The minimum atomic E-state index is -1.02. The van der Waals surface area contributed by atoms with Crippen molar-refractivity contribution < 1.29 is 24.2 Å². The van der Waals surface area contributed by atoms with Gasteiger partial charge in [-0.2, -0.15) is 0 Å². The van der Waals surface area contributed by atoms with Crippen molar-refractivity contribution in [3.63, 3.8) is 0 Å². The van der Waals surface area contributed by atoms with Gasteiger partial charge in [-0.3, -0.25) is 19.3 Å². The van der Waals surface area contributed by atoms with Crippen LogP contribution in [0.3, 0.4) is 0 Å². The molecule has 7 heteroatoms. The van der Waals surface area contributed by atoms with Crippen LogP contribution in [0.5, 0.6) is 0 Å². The molecule has 1 fully saturated rings. The van der Waals surface area contributed by atoms with Crippen molar-refractivity contribution in [2.24, 2.45) is 0 Å². The Hall–Kier alpha value is -2.25. The first kappa shape index (κ1) is 17.1. The highest BCUT2D eigenvalue weighted by molar-refractivity contribution is 5.96. The maximum Gasteiger partial charge on any atom is 0.321 e. The number of hydrogen-bond donors (Lipinski definition) is 2. The number of nitrogens with one attached hydrogen (secondary N) is 1. The van der Waals surface area contributed by atoms with Gasteiger partial charge in [-0.1, -0.05) is 0 Å². The fraction of sp³-hybridized carbons (Fsp3) is 0.438. The van der Waals surface area contributed by atoms with Crippen molar-refractivity contribution in [2.75, 3.05) is 31.6 Å². The Morgan fingerprint density at radius 3 is 2.35 bits per heavy atom. The van der Waals surface area contributed by atoms with Gasteiger partial charge in [0.25, 0.3) is 0 Å². The van der Waals surface area contributed by atoms with Crippen LogP contribution >= 0.6 is 0 Å². The molecule has 2 N–H and O–H groups in total. The van der Waals surface area contributed by atoms with Gasteiger partial charge in [0.15, 0.2) is 5.78 Å². The van der Waals surface area contributed by atoms with Crippen LogP contribution in [-0.2, 0) is 14.3 Å². The summed E-state index contributed by atoms with van der Waals surface area (Å²) >= 11 is 0. The number of anilines is 1. The van der Waals surface area contributed by atoms with Crippen LogP contribution in [0.15, 0.2) is 24.3 Å². The highest BCUT2D eigenvalue weighted by Gasteiger charge is 2.29. The normalized spacial score (nSPS) is 16.6. The predicted octanol–water partition coefficient (Wildman–Crippen LogP) is 1.00. The maximum absolute atomic E-state index is 12.1. The smallest absolute Gasteiger partial charge is 0.321 e. The molecule has 2 rings (SSSR count). The number of carboxylic acid groups (broad SMARTS) is 1. The van der Waals surface area contributed by atoms with E-state index in [2.05, 4.69) is 5.32 Å². The Kier molecular flexibility index (Phi) is 5.84. The molecular weight excluding hydrogens is 300 g/mol. The molecule has 1 atom stereocenters. The van der Waals surface area contributed by atoms with Crippen molar-refractivity contribution in [1.29, 1.82) is 0 Å². The van der Waals surface area contributed by atoms with Gasteiger partial charge in [0.1, 0.15) is 6.04 Å². The summed E-state index contributed by atoms with van der Waals surface area (Å²) < 4.78 is 5.20. The number of benzene rings is 1. The van der Waals surface area contributed by atoms with E-state index in [-0.39, 0.29) is 18.1 Å². The maximum atomic E-state index is 12.1. The number of aliphatic carboxylic acids is 1. The summed E-state index contributed by atoms with van der Waals surface area (Å²) in [4.78, 5) is 36.4. The van der Waals surface area contributed by atoms with Crippen LogP contribution < -0.4 is 5.32 Å². The number of morpholine rings is 1. The van der Waals surface area contributed by atoms with Crippen molar-refractivity contribution >= 4 is 23.3 Å². The molecule has 0 saturated carbocycles. The molecular formula is C16H20N2O5. The summed E-state index contributed by atoms with van der Waals surface area (Å²) in [6.07, 6.45) is -0.135. The molecule has 1 aliphatic heterocycles. The third-order valence-corrected chi connectivity index (χ3v) is 3.73. The van der Waals surface area contributed by atoms with Crippen LogP contribution in [-0.4, -0.2) is 60.0 Å². The molecule has 1 aromatic rings. The highest BCUT2D eigenvalue weighted by atomic mass is 16.5. The van der Waals surface area contributed by atoms with Gasteiger partial charge in [-0.25, -0.2) is 0 Å². The summed E-state index contributed by atoms with van der Waals surface area (Å²) in [5.74, 6) is -1.45. The first-order valence-corrected chi connectivity index (χ1v) is 7.43. The standard InChI is InChI=1S/C16H20N2O5/c1-11(19)12-2-4-13(5-3-12)17-15(20)10-14(16(21)22)18-6-8-23-9-7-18/h2-5,14H,6-10H2,1H3,(H,17,20)(H,21,22). The minimum Gasteiger partial charge on any atom is -0.480 e. The topological polar surface area (TPSA) is 95.9 Å². The zero-order valence-corrected chi connectivity index (χ0v) is 12.9. The molecule has 1 aromatic carbocycles. The Balaban J connectivity index is 1.95. The molecule has 0 bridgehead atoms. The van der Waals surface area contributed by atoms with E-state index >= 15 is 0 Å². The molecule has 124 valence electrons. The fourth-order valence-corrected chi connectivity index (χ4v) is 2.44. The molecule has 0 aromatic heterocycles. The molecule has 1 saturated heterocycles. The predicted molar refractivity (Wildman–Crippen MR) is 83.5 cm³/mol. The Labute approximate surface area is 134 Å². The molecule has 0 aliphatic carbocycles. The van der Waals surface area contributed by atoms with Crippen molar-refractivity contribution in [1.82, 2.24) is 4.90 Å². The first-order valence-electron chi connectivity index (χ1n) is 7.43. The quantitative estimate of drug-likeness (QED) is 0.759. The van der Waals surface area contributed by atoms with E-state index < -0.39 is 12.0 Å². The zero-order chi connectivity index (χ0) is 16.8. The number of carbonyl (C=O) groups is 3. The minimum absolute atomic E-state index is 0.0545. The van der Waals surface area contributed by atoms with E-state index in [9.17, 15) is 19.5 Å². The molecule has 7 nitrogen and oxygen atoms in total. The highest BCUT2D eigenvalue weighted by Crippen LogP contribution is 2.13. The second-order valence-corrected chi connectivity index (χ2v) is 5.39. The number of hydrogen-bond acceptors (Lipinski definition) is 5. The van der Waals surface area contributed by atoms with Gasteiger partial charge in [0.2, 0.25) is 5.91 Å². The van der Waals surface area contributed by atoms with Crippen molar-refractivity contribution in [3.8, 4) is 0 Å². The number of amides is 1. The Bertz CT molecular complexity index is 579. The zero-order valence-electron chi connectivity index (χ0n) is 12.9. The summed E-state index contributed by atoms with van der Waals surface area (Å²) in [6, 6.07) is 5.62. The lowest BCUT2D eigenvalue weighted by molar-refractivity contribution is -0.147. The average Bonchev–Trinajstić information content (AvgIpc) is 2.53. The molecule has 23 heavy (non-hydrogen) atoms. The number of ketones is 1. The summed E-state index contributed by atoms with van der Waals surface area (Å²) in [7, 11) is 0. The van der Waals surface area contributed by atoms with E-state index in [1.165, 1.54) is 6.92 Å². The van der Waals surface area contributed by atoms with E-state index in [1.54, 1.807) is 29.2 Å². The third-order valence-electron chi connectivity index (χ3n) is 3.73. The fourth-order valence-electron chi connectivity index (χ4n) is 2.44. The van der Waals surface area contributed by atoms with E-state index in [1.807, 2.05) is 0 Å². The van der Waals surface area contributed by atoms with Crippen molar-refractivity contribution in [3.05, 3.63) is 29.8 Å². The lowest BCUT2D eigenvalue weighted by atomic mass is 10.1. The van der Waals surface area contributed by atoms with Crippen LogP contribution in [0.2, 0.25) is 0 Å². The SMILES string of the molecule is CC(=O)c1ccc(NC(=O)CC(C(=O)O)N2CCOCC2)cc1. The molecule has 0 spiro atoms. The Morgan fingerprint density at radius 1 is 1.22 bits per heavy atom. The lowest BCUT2D eigenvalue weighted by Gasteiger charge is -2.31. The van der Waals surface area contributed by atoms with Crippen LogP contribution in [0.25, 0.3) is 0 Å². The third kappa shape index (κ3) is 4.87. The summed E-state index contributed by atoms with van der Waals surface area (Å²) in [6.45, 7) is 3.40. The number of Topliss-reactive ketones (excluding diaryl/α,β-unsaturated/α-hetero) is 1. The number of carbonyl (C=O) groups excluding carboxylic acids is 2. The lowest BCUT2D eigenvalue weighted by Crippen LogP contribution is -2.48. The van der Waals surface area contributed by atoms with Gasteiger partial charge < -0.3 is 15.2 Å². The first-order chi connectivity index (χ1) is 11.0. The molecule has 1 amide bonds. The molecule has 1 unspecified atom stereocenters. The monoisotopic (exact) mass is 320 g/mol. The van der Waals surface area contributed by atoms with Crippen molar-refractivity contribution in [2.45, 2.75) is 19.4 Å². The van der Waals surface area contributed by atoms with Gasteiger partial charge >= 0.3 is 5.97 Å². The second kappa shape index (κ2) is 7.85. The molecule has 1 heterocycles. The van der Waals surface area contributed by atoms with Crippen LogP contribution in [0.1, 0.15) is 23.7 Å². The molecule has 0 radical (unpaired) electrons. The van der Waals surface area contributed by atoms with E-state index in [4.69, 9.17) is 4.74 Å². The van der Waals surface area contributed by atoms with Gasteiger partial charge in [0.05, 0.1) is 19.6 Å². The average molecular weight is 320 g/mol. The van der Waals surface area contributed by atoms with Gasteiger partial charge in [-0.15, -0.1) is 0 Å². The summed E-state index contributed by atoms with van der Waals surface area (Å²) in [5, 5.41) is 12.0. The van der Waals surface area contributed by atoms with Gasteiger partial charge in [0, 0.05) is 24.3 Å². The number of ether oxygens (including phenoxy) is 1. The molecule has 1 aliphatic rings. The number of rotatable bonds is 6. The van der Waals surface area contributed by atoms with Gasteiger partial charge in [-0.05, 0) is 31.2 Å². The largest absolute Gasteiger partial charge is 0.480 e. The number of nitrogens with zero attached hydrogens (tertiary/aromatic N) is 1. The second-order valence-electron chi connectivity index (χ2n) is 5.39. The van der Waals surface area contributed by atoms with E-state index in [0.29, 0.717) is 37.6 Å². The summed E-state index contributed by atoms with van der Waals surface area (Å²) in [5.41, 5.74) is 1.09. The number of carboxylic acids is 1.